The molecule has 0 spiro atoms. The van der Waals surface area contributed by atoms with E-state index in [1.54, 1.807) is 6.92 Å². The molecular formula is C11H20N2O2. The molecule has 1 amide bonds. The summed E-state index contributed by atoms with van der Waals surface area (Å²) in [5.41, 5.74) is 0. The molecule has 0 aromatic rings. The van der Waals surface area contributed by atoms with E-state index in [2.05, 4.69) is 5.01 Å². The van der Waals surface area contributed by atoms with Crippen molar-refractivity contribution in [1.82, 2.24) is 10.0 Å². The summed E-state index contributed by atoms with van der Waals surface area (Å²) in [6.45, 7) is 3.44. The van der Waals surface area contributed by atoms with E-state index in [4.69, 9.17) is 0 Å². The van der Waals surface area contributed by atoms with Crippen LogP contribution in [0.2, 0.25) is 0 Å². The lowest BCUT2D eigenvalue weighted by Crippen LogP contribution is -2.49. The van der Waals surface area contributed by atoms with Gasteiger partial charge in [-0.3, -0.25) is 9.80 Å². The van der Waals surface area contributed by atoms with Crippen molar-refractivity contribution in [2.45, 2.75) is 51.2 Å². The van der Waals surface area contributed by atoms with Crippen molar-refractivity contribution in [3.63, 3.8) is 0 Å². The van der Waals surface area contributed by atoms with Crippen LogP contribution < -0.4 is 0 Å². The number of hydrazine groups is 1. The number of aliphatic hydroxyl groups excluding tert-OH is 1. The molecule has 86 valence electrons. The van der Waals surface area contributed by atoms with Gasteiger partial charge in [-0.25, -0.2) is 5.01 Å². The predicted molar refractivity (Wildman–Crippen MR) is 57.0 cm³/mol. The summed E-state index contributed by atoms with van der Waals surface area (Å²) in [5, 5.41) is 13.3. The lowest BCUT2D eigenvalue weighted by atomic mass is 9.92. The zero-order chi connectivity index (χ0) is 10.8. The van der Waals surface area contributed by atoms with Gasteiger partial charge < -0.3 is 5.11 Å². The minimum Gasteiger partial charge on any atom is -0.393 e. The highest BCUT2D eigenvalue weighted by atomic mass is 16.3. The third-order valence-corrected chi connectivity index (χ3v) is 3.37. The van der Waals surface area contributed by atoms with E-state index in [1.165, 1.54) is 6.42 Å². The molecule has 2 fully saturated rings. The molecule has 1 unspecified atom stereocenters. The first-order valence-electron chi connectivity index (χ1n) is 5.93. The molecule has 4 heteroatoms. The van der Waals surface area contributed by atoms with Gasteiger partial charge in [0, 0.05) is 25.6 Å². The Bertz CT molecular complexity index is 239. The smallest absolute Gasteiger partial charge is 0.238 e. The predicted octanol–water partition coefficient (Wildman–Crippen LogP) is 0.759. The fraction of sp³-hybridized carbons (Fsp3) is 0.909. The Morgan fingerprint density at radius 2 is 2.27 bits per heavy atom. The molecular weight excluding hydrogens is 192 g/mol. The molecule has 1 saturated carbocycles. The first kappa shape index (κ1) is 10.9. The summed E-state index contributed by atoms with van der Waals surface area (Å²) >= 11 is 0. The SMILES string of the molecule is CC(O)CCN1CCC(=O)N1C1CCC1. The number of rotatable bonds is 4. The second-order valence-electron chi connectivity index (χ2n) is 4.66. The standard InChI is InChI=1S/C11H20N2O2/c1-9(14)5-7-12-8-6-11(15)13(12)10-3-2-4-10/h9-10,14H,2-8H2,1H3. The molecule has 1 heterocycles. The lowest BCUT2D eigenvalue weighted by Gasteiger charge is -2.40. The van der Waals surface area contributed by atoms with Gasteiger partial charge in [0.25, 0.3) is 0 Å². The maximum absolute atomic E-state index is 11.7. The third-order valence-electron chi connectivity index (χ3n) is 3.37. The molecule has 15 heavy (non-hydrogen) atoms. The minimum absolute atomic E-state index is 0.269. The number of hydrogen-bond acceptors (Lipinski definition) is 3. The van der Waals surface area contributed by atoms with Crippen molar-refractivity contribution in [2.75, 3.05) is 13.1 Å². The quantitative estimate of drug-likeness (QED) is 0.748. The van der Waals surface area contributed by atoms with E-state index in [9.17, 15) is 9.90 Å². The highest BCUT2D eigenvalue weighted by Gasteiger charge is 2.37. The molecule has 2 aliphatic rings. The highest BCUT2D eigenvalue weighted by molar-refractivity contribution is 5.78. The maximum atomic E-state index is 11.7. The monoisotopic (exact) mass is 212 g/mol. The molecule has 1 saturated heterocycles. The van der Waals surface area contributed by atoms with Gasteiger partial charge in [0.2, 0.25) is 5.91 Å². The van der Waals surface area contributed by atoms with E-state index in [-0.39, 0.29) is 12.0 Å². The lowest BCUT2D eigenvalue weighted by molar-refractivity contribution is -0.147. The maximum Gasteiger partial charge on any atom is 0.238 e. The summed E-state index contributed by atoms with van der Waals surface area (Å²) < 4.78 is 0. The van der Waals surface area contributed by atoms with Crippen molar-refractivity contribution in [3.05, 3.63) is 0 Å². The number of hydrogen-bond donors (Lipinski definition) is 1. The van der Waals surface area contributed by atoms with Crippen LogP contribution in [-0.4, -0.2) is 46.3 Å². The van der Waals surface area contributed by atoms with Gasteiger partial charge in [-0.05, 0) is 32.6 Å². The van der Waals surface area contributed by atoms with E-state index in [1.807, 2.05) is 5.01 Å². The highest BCUT2D eigenvalue weighted by Crippen LogP contribution is 2.29. The second kappa shape index (κ2) is 4.49. The molecule has 0 radical (unpaired) electrons. The van der Waals surface area contributed by atoms with Crippen molar-refractivity contribution < 1.29 is 9.90 Å². The largest absolute Gasteiger partial charge is 0.393 e. The summed E-state index contributed by atoms with van der Waals surface area (Å²) in [7, 11) is 0. The fourth-order valence-electron chi connectivity index (χ4n) is 2.23. The van der Waals surface area contributed by atoms with Crippen molar-refractivity contribution in [2.24, 2.45) is 0 Å². The van der Waals surface area contributed by atoms with Gasteiger partial charge in [0.05, 0.1) is 6.10 Å². The molecule has 0 aromatic carbocycles. The van der Waals surface area contributed by atoms with Crippen LogP contribution in [0.15, 0.2) is 0 Å². The molecule has 0 bridgehead atoms. The summed E-state index contributed by atoms with van der Waals surface area (Å²) in [6.07, 6.45) is 4.67. The Labute approximate surface area is 90.8 Å². The summed E-state index contributed by atoms with van der Waals surface area (Å²) in [4.78, 5) is 11.7. The van der Waals surface area contributed by atoms with Gasteiger partial charge in [0.15, 0.2) is 0 Å². The molecule has 4 nitrogen and oxygen atoms in total. The van der Waals surface area contributed by atoms with Crippen LogP contribution in [0.4, 0.5) is 0 Å². The number of aliphatic hydroxyl groups is 1. The number of carbonyl (C=O) groups is 1. The van der Waals surface area contributed by atoms with Crippen LogP contribution in [0.25, 0.3) is 0 Å². The molecule has 1 aliphatic heterocycles. The van der Waals surface area contributed by atoms with Crippen molar-refractivity contribution in [3.8, 4) is 0 Å². The van der Waals surface area contributed by atoms with Crippen LogP contribution in [0.3, 0.4) is 0 Å². The van der Waals surface area contributed by atoms with Crippen LogP contribution in [0.1, 0.15) is 39.0 Å². The Morgan fingerprint density at radius 3 is 2.80 bits per heavy atom. The fourth-order valence-corrected chi connectivity index (χ4v) is 2.23. The van der Waals surface area contributed by atoms with Crippen LogP contribution in [0, 0.1) is 0 Å². The van der Waals surface area contributed by atoms with Gasteiger partial charge >= 0.3 is 0 Å². The summed E-state index contributed by atoms with van der Waals surface area (Å²) in [6, 6.07) is 0.453. The Kier molecular flexibility index (Phi) is 3.26. The first-order valence-corrected chi connectivity index (χ1v) is 5.93. The van der Waals surface area contributed by atoms with E-state index >= 15 is 0 Å². The number of amides is 1. The number of nitrogens with zero attached hydrogens (tertiary/aromatic N) is 2. The average Bonchev–Trinajstić information content (AvgIpc) is 2.43. The molecule has 2 rings (SSSR count). The average molecular weight is 212 g/mol. The zero-order valence-electron chi connectivity index (χ0n) is 9.35. The second-order valence-corrected chi connectivity index (χ2v) is 4.66. The third kappa shape index (κ3) is 2.32. The van der Waals surface area contributed by atoms with E-state index < -0.39 is 0 Å². The van der Waals surface area contributed by atoms with Crippen LogP contribution >= 0.6 is 0 Å². The molecule has 1 atom stereocenters. The first-order chi connectivity index (χ1) is 7.18. The van der Waals surface area contributed by atoms with Gasteiger partial charge in [-0.2, -0.15) is 0 Å². The van der Waals surface area contributed by atoms with Crippen molar-refractivity contribution >= 4 is 5.91 Å². The Hall–Kier alpha value is -0.610. The molecule has 1 aliphatic carbocycles. The topological polar surface area (TPSA) is 43.8 Å². The van der Waals surface area contributed by atoms with Crippen LogP contribution in [-0.2, 0) is 4.79 Å². The van der Waals surface area contributed by atoms with Gasteiger partial charge in [-0.1, -0.05) is 0 Å². The Morgan fingerprint density at radius 1 is 1.53 bits per heavy atom. The molecule has 0 aromatic heterocycles. The minimum atomic E-state index is -0.274. The normalized spacial score (nSPS) is 25.7. The Balaban J connectivity index is 1.89. The number of carbonyl (C=O) groups excluding carboxylic acids is 1. The van der Waals surface area contributed by atoms with E-state index in [0.717, 1.165) is 32.4 Å². The van der Waals surface area contributed by atoms with Gasteiger partial charge in [0.1, 0.15) is 0 Å². The van der Waals surface area contributed by atoms with E-state index in [0.29, 0.717) is 12.5 Å². The summed E-state index contributed by atoms with van der Waals surface area (Å²) in [5.74, 6) is 0.269. The zero-order valence-corrected chi connectivity index (χ0v) is 9.35. The van der Waals surface area contributed by atoms with Crippen LogP contribution in [0.5, 0.6) is 0 Å². The van der Waals surface area contributed by atoms with Gasteiger partial charge in [-0.15, -0.1) is 0 Å². The van der Waals surface area contributed by atoms with Crippen molar-refractivity contribution in [1.29, 1.82) is 0 Å². The molecule has 1 N–H and O–H groups in total.